The summed E-state index contributed by atoms with van der Waals surface area (Å²) in [5, 5.41) is 3.21. The first-order chi connectivity index (χ1) is 9.64. The van der Waals surface area contributed by atoms with Crippen LogP contribution in [0.4, 0.5) is 8.78 Å². The van der Waals surface area contributed by atoms with E-state index in [1.54, 1.807) is 12.1 Å². The predicted molar refractivity (Wildman–Crippen MR) is 79.0 cm³/mol. The van der Waals surface area contributed by atoms with Gasteiger partial charge in [-0.1, -0.05) is 19.9 Å². The summed E-state index contributed by atoms with van der Waals surface area (Å²) < 4.78 is 49.9. The molecule has 120 valence electrons. The van der Waals surface area contributed by atoms with E-state index in [4.69, 9.17) is 0 Å². The van der Waals surface area contributed by atoms with Crippen LogP contribution in [-0.2, 0) is 16.6 Å². The number of benzene rings is 1. The van der Waals surface area contributed by atoms with Gasteiger partial charge in [-0.25, -0.2) is 17.2 Å². The molecule has 0 radical (unpaired) electrons. The number of halogens is 2. The van der Waals surface area contributed by atoms with Gasteiger partial charge in [-0.05, 0) is 30.2 Å². The highest BCUT2D eigenvalue weighted by atomic mass is 32.2. The highest BCUT2D eigenvalue weighted by molar-refractivity contribution is 7.89. The average Bonchev–Trinajstić information content (AvgIpc) is 2.36. The quantitative estimate of drug-likeness (QED) is 0.839. The van der Waals surface area contributed by atoms with Gasteiger partial charge in [0.15, 0.2) is 0 Å². The number of sulfonamides is 1. The fraction of sp³-hybridized carbons (Fsp3) is 0.571. The lowest BCUT2D eigenvalue weighted by atomic mass is 10.1. The van der Waals surface area contributed by atoms with E-state index in [9.17, 15) is 17.2 Å². The summed E-state index contributed by atoms with van der Waals surface area (Å²) in [4.78, 5) is 0.0387. The minimum Gasteiger partial charge on any atom is -0.310 e. The Hall–Kier alpha value is -1.05. The molecule has 0 aromatic heterocycles. The molecule has 0 unspecified atom stereocenters. The number of aryl methyl sites for hydroxylation is 1. The van der Waals surface area contributed by atoms with Crippen molar-refractivity contribution in [3.05, 3.63) is 29.3 Å². The summed E-state index contributed by atoms with van der Waals surface area (Å²) in [6, 6.07) is 4.96. The summed E-state index contributed by atoms with van der Waals surface area (Å²) in [6.07, 6.45) is -2.70. The predicted octanol–water partition coefficient (Wildman–Crippen LogP) is 2.38. The Balaban J connectivity index is 3.05. The molecule has 0 saturated carbocycles. The molecule has 1 aromatic carbocycles. The molecule has 7 heteroatoms. The van der Waals surface area contributed by atoms with Gasteiger partial charge in [0, 0.05) is 19.6 Å². The third kappa shape index (κ3) is 5.01. The van der Waals surface area contributed by atoms with Gasteiger partial charge < -0.3 is 5.32 Å². The van der Waals surface area contributed by atoms with Crippen LogP contribution in [0.2, 0.25) is 0 Å². The maximum atomic E-state index is 12.4. The van der Waals surface area contributed by atoms with Gasteiger partial charge in [0.2, 0.25) is 10.0 Å². The molecule has 0 bridgehead atoms. The van der Waals surface area contributed by atoms with Gasteiger partial charge in [0.05, 0.1) is 11.4 Å². The Morgan fingerprint density at radius 3 is 2.43 bits per heavy atom. The van der Waals surface area contributed by atoms with Crippen molar-refractivity contribution in [2.45, 2.75) is 44.7 Å². The second-order valence-electron chi connectivity index (χ2n) is 5.30. The van der Waals surface area contributed by atoms with Crippen LogP contribution in [0.3, 0.4) is 0 Å². The number of nitrogens with zero attached hydrogens (tertiary/aromatic N) is 1. The summed E-state index contributed by atoms with van der Waals surface area (Å²) in [6.45, 7) is 5.59. The number of hydrogen-bond donors (Lipinski definition) is 1. The van der Waals surface area contributed by atoms with Crippen molar-refractivity contribution in [1.82, 2.24) is 9.62 Å². The Bertz CT molecular complexity index is 574. The molecule has 0 fully saturated rings. The fourth-order valence-corrected chi connectivity index (χ4v) is 2.99. The van der Waals surface area contributed by atoms with Crippen LogP contribution >= 0.6 is 0 Å². The molecule has 1 aromatic rings. The maximum absolute atomic E-state index is 12.4. The van der Waals surface area contributed by atoms with Crippen LogP contribution < -0.4 is 5.32 Å². The standard InChI is InChI=1S/C14H22F2N2O2S/c1-10(2)17-8-12-7-13(6-5-11(12)3)21(19,20)18(4)9-14(15)16/h5-7,10,14,17H,8-9H2,1-4H3. The molecule has 0 aliphatic carbocycles. The third-order valence-corrected chi connectivity index (χ3v) is 4.94. The third-order valence-electron chi connectivity index (χ3n) is 3.12. The van der Waals surface area contributed by atoms with Gasteiger partial charge in [0.1, 0.15) is 0 Å². The first-order valence-electron chi connectivity index (χ1n) is 6.72. The molecule has 1 N–H and O–H groups in total. The first-order valence-corrected chi connectivity index (χ1v) is 8.16. The van der Waals surface area contributed by atoms with Gasteiger partial charge in [-0.2, -0.15) is 4.31 Å². The number of nitrogens with one attached hydrogen (secondary N) is 1. The van der Waals surface area contributed by atoms with Crippen molar-refractivity contribution in [1.29, 1.82) is 0 Å². The van der Waals surface area contributed by atoms with Crippen molar-refractivity contribution >= 4 is 10.0 Å². The van der Waals surface area contributed by atoms with E-state index in [2.05, 4.69) is 5.32 Å². The molecule has 0 heterocycles. The van der Waals surface area contributed by atoms with Gasteiger partial charge >= 0.3 is 0 Å². The largest absolute Gasteiger partial charge is 0.310 e. The van der Waals surface area contributed by atoms with Crippen molar-refractivity contribution in [3.8, 4) is 0 Å². The molecule has 1 rings (SSSR count). The Morgan fingerprint density at radius 2 is 1.90 bits per heavy atom. The summed E-state index contributed by atoms with van der Waals surface area (Å²) in [5.74, 6) is 0. The van der Waals surface area contributed by atoms with E-state index in [1.165, 1.54) is 6.07 Å². The van der Waals surface area contributed by atoms with E-state index in [0.717, 1.165) is 18.2 Å². The summed E-state index contributed by atoms with van der Waals surface area (Å²) >= 11 is 0. The Labute approximate surface area is 125 Å². The smallest absolute Gasteiger partial charge is 0.252 e. The van der Waals surface area contributed by atoms with E-state index in [-0.39, 0.29) is 10.9 Å². The number of alkyl halides is 2. The van der Waals surface area contributed by atoms with Crippen LogP contribution in [0.5, 0.6) is 0 Å². The molecule has 0 aliphatic heterocycles. The van der Waals surface area contributed by atoms with Crippen LogP contribution in [-0.4, -0.2) is 38.8 Å². The zero-order chi connectivity index (χ0) is 16.2. The molecular formula is C14H22F2N2O2S. The molecule has 0 atom stereocenters. The first kappa shape index (κ1) is 18.0. The molecule has 21 heavy (non-hydrogen) atoms. The highest BCUT2D eigenvalue weighted by Crippen LogP contribution is 2.19. The van der Waals surface area contributed by atoms with Crippen molar-refractivity contribution in [3.63, 3.8) is 0 Å². The minimum absolute atomic E-state index is 0.0387. The van der Waals surface area contributed by atoms with Crippen molar-refractivity contribution in [2.24, 2.45) is 0 Å². The van der Waals surface area contributed by atoms with Crippen LogP contribution in [0, 0.1) is 6.92 Å². The lowest BCUT2D eigenvalue weighted by molar-refractivity contribution is 0.126. The molecule has 0 saturated heterocycles. The normalized spacial score (nSPS) is 12.6. The Kier molecular flexibility index (Phi) is 6.24. The fourth-order valence-electron chi connectivity index (χ4n) is 1.79. The lowest BCUT2D eigenvalue weighted by Gasteiger charge is -2.18. The van der Waals surface area contributed by atoms with E-state index in [0.29, 0.717) is 10.8 Å². The topological polar surface area (TPSA) is 49.4 Å². The number of hydrogen-bond acceptors (Lipinski definition) is 3. The molecular weight excluding hydrogens is 298 g/mol. The van der Waals surface area contributed by atoms with Crippen molar-refractivity contribution < 1.29 is 17.2 Å². The van der Waals surface area contributed by atoms with E-state index in [1.807, 2.05) is 20.8 Å². The second-order valence-corrected chi connectivity index (χ2v) is 7.35. The van der Waals surface area contributed by atoms with Crippen molar-refractivity contribution in [2.75, 3.05) is 13.6 Å². The molecule has 4 nitrogen and oxygen atoms in total. The van der Waals surface area contributed by atoms with Crippen LogP contribution in [0.15, 0.2) is 23.1 Å². The van der Waals surface area contributed by atoms with Gasteiger partial charge in [-0.3, -0.25) is 0 Å². The zero-order valence-corrected chi connectivity index (χ0v) is 13.5. The SMILES string of the molecule is Cc1ccc(S(=O)(=O)N(C)CC(F)F)cc1CNC(C)C. The second kappa shape index (κ2) is 7.29. The lowest BCUT2D eigenvalue weighted by Crippen LogP contribution is -2.31. The van der Waals surface area contributed by atoms with Crippen LogP contribution in [0.1, 0.15) is 25.0 Å². The molecule has 0 aliphatic rings. The average molecular weight is 320 g/mol. The molecule has 0 spiro atoms. The zero-order valence-electron chi connectivity index (χ0n) is 12.7. The van der Waals surface area contributed by atoms with Crippen LogP contribution in [0.25, 0.3) is 0 Å². The maximum Gasteiger partial charge on any atom is 0.252 e. The number of rotatable bonds is 7. The summed E-state index contributed by atoms with van der Waals surface area (Å²) in [5.41, 5.74) is 1.80. The minimum atomic E-state index is -3.89. The Morgan fingerprint density at radius 1 is 1.29 bits per heavy atom. The summed E-state index contributed by atoms with van der Waals surface area (Å²) in [7, 11) is -2.73. The van der Waals surface area contributed by atoms with Gasteiger partial charge in [-0.15, -0.1) is 0 Å². The van der Waals surface area contributed by atoms with Gasteiger partial charge in [0.25, 0.3) is 6.43 Å². The molecule has 0 amide bonds. The highest BCUT2D eigenvalue weighted by Gasteiger charge is 2.24. The van der Waals surface area contributed by atoms with E-state index < -0.39 is 23.0 Å². The monoisotopic (exact) mass is 320 g/mol. The van der Waals surface area contributed by atoms with E-state index >= 15 is 0 Å².